The minimum atomic E-state index is -0.269. The van der Waals surface area contributed by atoms with Crippen LogP contribution < -0.4 is 15.2 Å². The van der Waals surface area contributed by atoms with Gasteiger partial charge in [0, 0.05) is 29.1 Å². The summed E-state index contributed by atoms with van der Waals surface area (Å²) >= 11 is 6.32. The molecule has 0 amide bonds. The zero-order valence-corrected chi connectivity index (χ0v) is 23.8. The number of allylic oxidation sites excluding steroid dienone is 2. The molecule has 1 atom stereocenters. The molecule has 0 radical (unpaired) electrons. The van der Waals surface area contributed by atoms with Crippen LogP contribution in [0.5, 0.6) is 11.5 Å². The Bertz CT molecular complexity index is 1690. The molecule has 9 heteroatoms. The summed E-state index contributed by atoms with van der Waals surface area (Å²) in [5.74, 6) is 1.44. The van der Waals surface area contributed by atoms with Crippen LogP contribution in [-0.2, 0) is 13.1 Å². The Hall–Kier alpha value is -4.04. The van der Waals surface area contributed by atoms with E-state index < -0.39 is 0 Å². The average molecular weight is 573 g/mol. The molecule has 1 aliphatic carbocycles. The van der Waals surface area contributed by atoms with Gasteiger partial charge < -0.3 is 19.2 Å². The first-order chi connectivity index (χ1) is 20.0. The minimum Gasteiger partial charge on any atom is -0.618 e. The maximum Gasteiger partial charge on any atom is 0.348 e. The van der Waals surface area contributed by atoms with E-state index in [0.29, 0.717) is 35.4 Å². The van der Waals surface area contributed by atoms with Crippen molar-refractivity contribution in [3.63, 3.8) is 0 Å². The van der Waals surface area contributed by atoms with Crippen LogP contribution in [0.2, 0.25) is 5.02 Å². The number of methoxy groups -OCH3 is 1. The van der Waals surface area contributed by atoms with Crippen LogP contribution in [0.15, 0.2) is 71.3 Å². The molecule has 3 heterocycles. The van der Waals surface area contributed by atoms with Crippen LogP contribution in [0.1, 0.15) is 44.2 Å². The molecular formula is C32H33ClN4O4. The van der Waals surface area contributed by atoms with E-state index in [4.69, 9.17) is 21.1 Å². The lowest BCUT2D eigenvalue weighted by Crippen LogP contribution is -2.24. The van der Waals surface area contributed by atoms with E-state index in [0.717, 1.165) is 77.7 Å². The summed E-state index contributed by atoms with van der Waals surface area (Å²) in [4.78, 5) is 17.5. The van der Waals surface area contributed by atoms with Gasteiger partial charge >= 0.3 is 5.69 Å². The summed E-state index contributed by atoms with van der Waals surface area (Å²) in [6.07, 6.45) is 11.2. The van der Waals surface area contributed by atoms with Gasteiger partial charge in [-0.3, -0.25) is 4.57 Å². The summed E-state index contributed by atoms with van der Waals surface area (Å²) in [6.45, 7) is 1.79. The normalized spacial score (nSPS) is 16.4. The highest BCUT2D eigenvalue weighted by Gasteiger charge is 2.31. The highest BCUT2D eigenvalue weighted by molar-refractivity contribution is 6.31. The van der Waals surface area contributed by atoms with Gasteiger partial charge in [-0.2, -0.15) is 9.72 Å². The van der Waals surface area contributed by atoms with Crippen LogP contribution in [0.25, 0.3) is 22.2 Å². The molecule has 4 aromatic rings. The number of unbranched alkanes of at least 4 members (excludes halogenated alkanes) is 2. The maximum absolute atomic E-state index is 13.1. The van der Waals surface area contributed by atoms with Crippen molar-refractivity contribution >= 4 is 28.7 Å². The first kappa shape index (κ1) is 27.1. The Kier molecular flexibility index (Phi) is 7.83. The Balaban J connectivity index is 1.11. The minimum absolute atomic E-state index is 0.204. The number of aromatic nitrogens is 3. The van der Waals surface area contributed by atoms with Crippen LogP contribution in [0, 0.1) is 11.1 Å². The van der Waals surface area contributed by atoms with Crippen LogP contribution >= 0.6 is 11.6 Å². The van der Waals surface area contributed by atoms with Gasteiger partial charge in [-0.25, -0.2) is 4.79 Å². The topological polar surface area (TPSA) is 84.3 Å². The van der Waals surface area contributed by atoms with E-state index in [2.05, 4.69) is 15.6 Å². The largest absolute Gasteiger partial charge is 0.618 e. The van der Waals surface area contributed by atoms with Crippen LogP contribution in [0.3, 0.4) is 0 Å². The first-order valence-electron chi connectivity index (χ1n) is 14.2. The standard InChI is InChI=1S/C32H33ClN4O4/c1-40-31-28-20-37(39)26-13-7-6-12-23(26)19-35(28)21-29(31)41-17-9-3-8-16-36-27-15-14-24(33)18-25(27)30(34-32(36)38)22-10-4-2-5-11-22/h2,4-5,10-11,13-15,18,20-21,23H,3,6-9,12,16-17,19H2,1H3/t23-/m0/s1. The van der Waals surface area contributed by atoms with Crippen molar-refractivity contribution in [1.29, 1.82) is 0 Å². The van der Waals surface area contributed by atoms with Gasteiger partial charge in [-0.15, -0.1) is 0 Å². The fourth-order valence-electron chi connectivity index (χ4n) is 5.94. The molecule has 0 unspecified atom stereocenters. The Morgan fingerprint density at radius 3 is 2.83 bits per heavy atom. The van der Waals surface area contributed by atoms with Crippen molar-refractivity contribution in [3.8, 4) is 22.8 Å². The molecule has 2 aromatic carbocycles. The molecule has 0 fully saturated rings. The number of hydroxylamine groups is 1. The van der Waals surface area contributed by atoms with Gasteiger partial charge in [0.25, 0.3) is 0 Å². The molecule has 0 bridgehead atoms. The molecule has 2 aliphatic rings. The van der Waals surface area contributed by atoms with Crippen molar-refractivity contribution in [2.24, 2.45) is 5.92 Å². The molecule has 6 rings (SSSR count). The third-order valence-electron chi connectivity index (χ3n) is 7.96. The molecule has 1 aliphatic heterocycles. The Morgan fingerprint density at radius 2 is 2.00 bits per heavy atom. The lowest BCUT2D eigenvalue weighted by Gasteiger charge is -2.20. The first-order valence-corrected chi connectivity index (χ1v) is 14.6. The lowest BCUT2D eigenvalue weighted by atomic mass is 9.92. The number of rotatable bonds is 9. The lowest BCUT2D eigenvalue weighted by molar-refractivity contribution is -0.406. The van der Waals surface area contributed by atoms with Gasteiger partial charge in [0.1, 0.15) is 0 Å². The molecule has 0 spiro atoms. The van der Waals surface area contributed by atoms with Gasteiger partial charge in [0.15, 0.2) is 22.9 Å². The summed E-state index contributed by atoms with van der Waals surface area (Å²) < 4.78 is 16.6. The number of halogens is 1. The summed E-state index contributed by atoms with van der Waals surface area (Å²) in [5.41, 5.74) is 3.68. The zero-order chi connectivity index (χ0) is 28.3. The number of hydrogen-bond acceptors (Lipinski definition) is 5. The van der Waals surface area contributed by atoms with Gasteiger partial charge in [0.2, 0.25) is 6.21 Å². The third-order valence-corrected chi connectivity index (χ3v) is 8.19. The molecule has 41 heavy (non-hydrogen) atoms. The molecule has 0 saturated heterocycles. The highest BCUT2D eigenvalue weighted by atomic mass is 35.5. The third kappa shape index (κ3) is 5.48. The summed E-state index contributed by atoms with van der Waals surface area (Å²) in [7, 11) is 1.61. The van der Waals surface area contributed by atoms with E-state index in [1.54, 1.807) is 17.9 Å². The zero-order valence-electron chi connectivity index (χ0n) is 23.1. The maximum atomic E-state index is 13.1. The van der Waals surface area contributed by atoms with Gasteiger partial charge in [-0.05, 0) is 62.8 Å². The fraction of sp³-hybridized carbons (Fsp3) is 0.344. The fourth-order valence-corrected chi connectivity index (χ4v) is 6.11. The second kappa shape index (κ2) is 11.8. The molecule has 0 N–H and O–H groups in total. The molecule has 8 nitrogen and oxygen atoms in total. The van der Waals surface area contributed by atoms with Crippen molar-refractivity contribution in [2.45, 2.75) is 51.6 Å². The SMILES string of the molecule is COc1c(OCCCCCn2c(=O)nc(-c3ccccc3)c3cc(Cl)ccc32)cn2c1C=[N+]([O-])C1=CCCC[C@H]1C2. The van der Waals surface area contributed by atoms with E-state index >= 15 is 0 Å². The molecular weight excluding hydrogens is 540 g/mol. The number of benzene rings is 2. The molecule has 212 valence electrons. The predicted molar refractivity (Wildman–Crippen MR) is 161 cm³/mol. The van der Waals surface area contributed by atoms with Crippen molar-refractivity contribution in [3.05, 3.63) is 92.9 Å². The number of hydrogen-bond donors (Lipinski definition) is 0. The average Bonchev–Trinajstić information content (AvgIpc) is 3.23. The second-order valence-electron chi connectivity index (χ2n) is 10.6. The van der Waals surface area contributed by atoms with E-state index in [9.17, 15) is 10.0 Å². The highest BCUT2D eigenvalue weighted by Crippen LogP contribution is 2.37. The predicted octanol–water partition coefficient (Wildman–Crippen LogP) is 6.40. The Morgan fingerprint density at radius 1 is 1.15 bits per heavy atom. The van der Waals surface area contributed by atoms with E-state index in [1.807, 2.05) is 54.7 Å². The van der Waals surface area contributed by atoms with Crippen LogP contribution in [0.4, 0.5) is 0 Å². The van der Waals surface area contributed by atoms with E-state index in [-0.39, 0.29) is 11.6 Å². The number of nitrogens with zero attached hydrogens (tertiary/aromatic N) is 4. The summed E-state index contributed by atoms with van der Waals surface area (Å²) in [6, 6.07) is 15.3. The Labute approximate surface area is 243 Å². The van der Waals surface area contributed by atoms with Gasteiger partial charge in [0.05, 0.1) is 37.0 Å². The number of ether oxygens (including phenoxy) is 2. The molecule has 0 saturated carbocycles. The number of fused-ring (bicyclic) bond motifs is 3. The quantitative estimate of drug-likeness (QED) is 0.132. The smallest absolute Gasteiger partial charge is 0.348 e. The summed E-state index contributed by atoms with van der Waals surface area (Å²) in [5, 5.41) is 14.3. The second-order valence-corrected chi connectivity index (χ2v) is 11.0. The van der Waals surface area contributed by atoms with Crippen molar-refractivity contribution in [2.75, 3.05) is 13.7 Å². The molecule has 2 aromatic heterocycles. The van der Waals surface area contributed by atoms with Crippen molar-refractivity contribution in [1.82, 2.24) is 14.1 Å². The van der Waals surface area contributed by atoms with Crippen molar-refractivity contribution < 1.29 is 14.2 Å². The monoisotopic (exact) mass is 572 g/mol. The van der Waals surface area contributed by atoms with Crippen LogP contribution in [-0.4, -0.2) is 38.8 Å². The van der Waals surface area contributed by atoms with Gasteiger partial charge in [-0.1, -0.05) is 41.9 Å². The van der Waals surface area contributed by atoms with E-state index in [1.165, 1.54) is 0 Å². The number of aryl methyl sites for hydroxylation is 1.